The van der Waals surface area contributed by atoms with Crippen molar-refractivity contribution in [2.75, 3.05) is 37.0 Å². The van der Waals surface area contributed by atoms with Gasteiger partial charge in [-0.1, -0.05) is 29.8 Å². The molecule has 1 aliphatic heterocycles. The predicted octanol–water partition coefficient (Wildman–Crippen LogP) is 4.95. The van der Waals surface area contributed by atoms with E-state index in [1.54, 1.807) is 13.2 Å². The van der Waals surface area contributed by atoms with Gasteiger partial charge in [-0.25, -0.2) is 9.64 Å². The normalized spacial score (nSPS) is 13.7. The second-order valence-electron chi connectivity index (χ2n) is 7.93. The zero-order valence-corrected chi connectivity index (χ0v) is 20.6. The fourth-order valence-corrected chi connectivity index (χ4v) is 4.27. The summed E-state index contributed by atoms with van der Waals surface area (Å²) in [6.45, 7) is 8.95. The predicted molar refractivity (Wildman–Crippen MR) is 137 cm³/mol. The maximum Gasteiger partial charge on any atom is 0.329 e. The van der Waals surface area contributed by atoms with Crippen LogP contribution in [0.5, 0.6) is 5.75 Å². The lowest BCUT2D eigenvalue weighted by Crippen LogP contribution is -2.38. The Balaban J connectivity index is 0.00000342. The van der Waals surface area contributed by atoms with Crippen LogP contribution in [0.3, 0.4) is 0 Å². The molecule has 2 heterocycles. The van der Waals surface area contributed by atoms with E-state index >= 15 is 0 Å². The van der Waals surface area contributed by atoms with Crippen LogP contribution in [0, 0.1) is 6.57 Å². The van der Waals surface area contributed by atoms with Crippen LogP contribution >= 0.6 is 24.0 Å². The first kappa shape index (κ1) is 26.3. The van der Waals surface area contributed by atoms with E-state index in [1.807, 2.05) is 30.3 Å². The van der Waals surface area contributed by atoms with Gasteiger partial charge < -0.3 is 24.8 Å². The minimum atomic E-state index is -0.963. The Labute approximate surface area is 214 Å². The molecule has 0 atom stereocenters. The highest BCUT2D eigenvalue weighted by Gasteiger charge is 2.24. The number of halogens is 2. The van der Waals surface area contributed by atoms with Gasteiger partial charge in [0, 0.05) is 30.4 Å². The third kappa shape index (κ3) is 6.22. The molecule has 0 spiro atoms. The van der Waals surface area contributed by atoms with Crippen LogP contribution < -0.4 is 15.0 Å². The number of fused-ring (bicyclic) bond motifs is 1. The Morgan fingerprint density at radius 3 is 2.66 bits per heavy atom. The minimum absolute atomic E-state index is 0. The van der Waals surface area contributed by atoms with Crippen molar-refractivity contribution in [3.8, 4) is 5.75 Å². The molecule has 2 aromatic carbocycles. The molecule has 0 radical (unpaired) electrons. The van der Waals surface area contributed by atoms with Crippen molar-refractivity contribution < 1.29 is 19.4 Å². The molecular weight excluding hydrogens is 493 g/mol. The summed E-state index contributed by atoms with van der Waals surface area (Å²) in [6.07, 6.45) is 1.32. The molecule has 35 heavy (non-hydrogen) atoms. The summed E-state index contributed by atoms with van der Waals surface area (Å²) in [7, 11) is 1.57. The summed E-state index contributed by atoms with van der Waals surface area (Å²) < 4.78 is 10.6. The third-order valence-corrected chi connectivity index (χ3v) is 6.03. The molecule has 184 valence electrons. The molecule has 9 nitrogen and oxygen atoms in total. The molecule has 3 aromatic rings. The number of hydrogen-bond acceptors (Lipinski definition) is 7. The van der Waals surface area contributed by atoms with Crippen molar-refractivity contribution >= 4 is 58.1 Å². The maximum atomic E-state index is 10.8. The Hall–Kier alpha value is -3.32. The van der Waals surface area contributed by atoms with Crippen molar-refractivity contribution in [3.63, 3.8) is 0 Å². The Bertz CT molecular complexity index is 1240. The first-order valence-electron chi connectivity index (χ1n) is 10.8. The first-order valence-corrected chi connectivity index (χ1v) is 11.2. The van der Waals surface area contributed by atoms with Crippen LogP contribution in [0.1, 0.15) is 18.4 Å². The fourth-order valence-electron chi connectivity index (χ4n) is 3.99. The number of carboxylic acids is 1. The van der Waals surface area contributed by atoms with Crippen molar-refractivity contribution in [3.05, 3.63) is 58.4 Å². The molecule has 1 fully saturated rings. The Morgan fingerprint density at radius 1 is 1.23 bits per heavy atom. The summed E-state index contributed by atoms with van der Waals surface area (Å²) in [5.74, 6) is 0.964. The molecule has 4 rings (SSSR count). The summed E-state index contributed by atoms with van der Waals surface area (Å²) in [5, 5.41) is 23.3. The topological polar surface area (TPSA) is 101 Å². The lowest BCUT2D eigenvalue weighted by molar-refractivity contribution is -0.144. The number of piperidine rings is 1. The molecule has 0 saturated carbocycles. The monoisotopic (exact) mass is 517 g/mol. The van der Waals surface area contributed by atoms with Crippen LogP contribution in [0.15, 0.2) is 36.4 Å². The molecule has 0 unspecified atom stereocenters. The molecular formula is C24H25Cl2N5O4. The van der Waals surface area contributed by atoms with Gasteiger partial charge in [-0.3, -0.25) is 0 Å². The molecule has 0 bridgehead atoms. The van der Waals surface area contributed by atoms with Crippen LogP contribution in [-0.4, -0.2) is 54.2 Å². The van der Waals surface area contributed by atoms with E-state index < -0.39 is 5.97 Å². The van der Waals surface area contributed by atoms with Gasteiger partial charge in [0.25, 0.3) is 0 Å². The van der Waals surface area contributed by atoms with E-state index in [4.69, 9.17) is 32.8 Å². The number of ether oxygens (including phenoxy) is 2. The van der Waals surface area contributed by atoms with E-state index in [0.29, 0.717) is 54.8 Å². The Kier molecular flexibility index (Phi) is 8.93. The number of carboxylic acid groups (broad SMARTS) is 1. The van der Waals surface area contributed by atoms with Crippen LogP contribution in [0.2, 0.25) is 5.02 Å². The van der Waals surface area contributed by atoms with Gasteiger partial charge in [-0.2, -0.15) is 0 Å². The average Bonchev–Trinajstić information content (AvgIpc) is 2.86. The van der Waals surface area contributed by atoms with E-state index in [9.17, 15) is 4.79 Å². The number of benzene rings is 2. The number of methoxy groups -OCH3 is 1. The number of carbonyl (C=O) groups is 1. The zero-order chi connectivity index (χ0) is 24.1. The lowest BCUT2D eigenvalue weighted by atomic mass is 10.1. The van der Waals surface area contributed by atoms with Gasteiger partial charge in [-0.05, 0) is 36.6 Å². The SMILES string of the molecule is Cl.[C-]#[N+]c1ccc2c(N3CCC(OCC(=O)O)CC3)nnc(NCc3ccc(OC)c(Cl)c3)c2c1. The quantitative estimate of drug-likeness (QED) is 0.405. The van der Waals surface area contributed by atoms with Crippen molar-refractivity contribution in [1.29, 1.82) is 0 Å². The summed E-state index contributed by atoms with van der Waals surface area (Å²) >= 11 is 6.24. The molecule has 0 amide bonds. The summed E-state index contributed by atoms with van der Waals surface area (Å²) in [4.78, 5) is 16.4. The van der Waals surface area contributed by atoms with Gasteiger partial charge in [0.2, 0.25) is 0 Å². The fraction of sp³-hybridized carbons (Fsp3) is 0.333. The van der Waals surface area contributed by atoms with Gasteiger partial charge in [0.15, 0.2) is 17.3 Å². The summed E-state index contributed by atoms with van der Waals surface area (Å²) in [5.41, 5.74) is 1.47. The van der Waals surface area contributed by atoms with E-state index in [-0.39, 0.29) is 25.1 Å². The largest absolute Gasteiger partial charge is 0.495 e. The van der Waals surface area contributed by atoms with Crippen LogP contribution in [0.4, 0.5) is 17.3 Å². The lowest BCUT2D eigenvalue weighted by Gasteiger charge is -2.33. The van der Waals surface area contributed by atoms with Gasteiger partial charge >= 0.3 is 5.97 Å². The highest BCUT2D eigenvalue weighted by Crippen LogP contribution is 2.33. The molecule has 0 aliphatic carbocycles. The number of nitrogens with one attached hydrogen (secondary N) is 1. The Morgan fingerprint density at radius 2 is 2.00 bits per heavy atom. The average molecular weight is 518 g/mol. The number of rotatable bonds is 8. The molecule has 11 heteroatoms. The van der Waals surface area contributed by atoms with Gasteiger partial charge in [-0.15, -0.1) is 22.6 Å². The molecule has 1 aliphatic rings. The van der Waals surface area contributed by atoms with E-state index in [0.717, 1.165) is 22.2 Å². The molecule has 1 saturated heterocycles. The van der Waals surface area contributed by atoms with Crippen LogP contribution in [-0.2, 0) is 16.1 Å². The smallest absolute Gasteiger partial charge is 0.329 e. The number of nitrogens with zero attached hydrogens (tertiary/aromatic N) is 4. The summed E-state index contributed by atoms with van der Waals surface area (Å²) in [6, 6.07) is 11.0. The molecule has 1 aromatic heterocycles. The number of hydrogen-bond donors (Lipinski definition) is 2. The van der Waals surface area contributed by atoms with Crippen molar-refractivity contribution in [2.45, 2.75) is 25.5 Å². The number of aliphatic carboxylic acids is 1. The molecule has 2 N–H and O–H groups in total. The second-order valence-corrected chi connectivity index (χ2v) is 8.33. The first-order chi connectivity index (χ1) is 16.5. The van der Waals surface area contributed by atoms with Crippen molar-refractivity contribution in [2.24, 2.45) is 0 Å². The highest BCUT2D eigenvalue weighted by atomic mass is 35.5. The van der Waals surface area contributed by atoms with Crippen molar-refractivity contribution in [1.82, 2.24) is 10.2 Å². The maximum absolute atomic E-state index is 10.8. The zero-order valence-electron chi connectivity index (χ0n) is 19.0. The van der Waals surface area contributed by atoms with E-state index in [2.05, 4.69) is 25.3 Å². The minimum Gasteiger partial charge on any atom is -0.495 e. The number of aromatic nitrogens is 2. The number of anilines is 2. The standard InChI is InChI=1S/C24H24ClN5O4.ClH/c1-26-16-4-5-18-19(12-16)23(27-13-15-3-6-21(33-2)20(25)11-15)28-29-24(18)30-9-7-17(8-10-30)34-14-22(31)32;/h3-6,11-12,17H,7-10,13-14H2,2H3,(H,27,28)(H,31,32);1H. The van der Waals surface area contributed by atoms with Gasteiger partial charge in [0.1, 0.15) is 12.4 Å². The van der Waals surface area contributed by atoms with Gasteiger partial charge in [0.05, 0.1) is 24.8 Å². The van der Waals surface area contributed by atoms with E-state index in [1.165, 1.54) is 0 Å². The third-order valence-electron chi connectivity index (χ3n) is 5.73. The van der Waals surface area contributed by atoms with Crippen LogP contribution in [0.25, 0.3) is 15.6 Å². The highest BCUT2D eigenvalue weighted by molar-refractivity contribution is 6.32. The second kappa shape index (κ2) is 11.9.